The lowest BCUT2D eigenvalue weighted by Crippen LogP contribution is -2.34. The van der Waals surface area contributed by atoms with Gasteiger partial charge in [0.05, 0.1) is 0 Å². The number of carbonyl (C=O) groups is 2. The molecule has 3 aromatic carbocycles. The molecular formula is C23H18INO4. The molecule has 29 heavy (non-hydrogen) atoms. The molecule has 1 aliphatic rings. The van der Waals surface area contributed by atoms with Crippen molar-refractivity contribution in [2.24, 2.45) is 0 Å². The van der Waals surface area contributed by atoms with Crippen molar-refractivity contribution < 1.29 is 19.4 Å². The Morgan fingerprint density at radius 2 is 1.48 bits per heavy atom. The highest BCUT2D eigenvalue weighted by molar-refractivity contribution is 14.1. The number of hydrogen-bond acceptors (Lipinski definition) is 3. The van der Waals surface area contributed by atoms with E-state index in [2.05, 4.69) is 40.0 Å². The third-order valence-corrected chi connectivity index (χ3v) is 5.78. The van der Waals surface area contributed by atoms with E-state index >= 15 is 0 Å². The molecule has 0 saturated heterocycles. The van der Waals surface area contributed by atoms with E-state index in [1.165, 1.54) is 0 Å². The summed E-state index contributed by atoms with van der Waals surface area (Å²) in [5, 5.41) is 12.0. The van der Waals surface area contributed by atoms with Crippen LogP contribution in [0.1, 0.15) is 28.7 Å². The van der Waals surface area contributed by atoms with Crippen LogP contribution >= 0.6 is 22.6 Å². The van der Waals surface area contributed by atoms with Crippen LogP contribution in [-0.2, 0) is 9.53 Å². The molecular weight excluding hydrogens is 481 g/mol. The molecule has 2 N–H and O–H groups in total. The number of halogens is 1. The van der Waals surface area contributed by atoms with Gasteiger partial charge in [0.1, 0.15) is 6.61 Å². The van der Waals surface area contributed by atoms with Crippen LogP contribution in [-0.4, -0.2) is 23.8 Å². The molecule has 4 rings (SSSR count). The van der Waals surface area contributed by atoms with Gasteiger partial charge in [0.25, 0.3) is 0 Å². The Balaban J connectivity index is 1.48. The molecule has 0 heterocycles. The zero-order valence-electron chi connectivity index (χ0n) is 15.3. The Bertz CT molecular complexity index is 1020. The molecule has 1 amide bonds. The molecule has 0 radical (unpaired) electrons. The summed E-state index contributed by atoms with van der Waals surface area (Å²) >= 11 is 2.14. The van der Waals surface area contributed by atoms with Gasteiger partial charge in [-0.05, 0) is 62.5 Å². The van der Waals surface area contributed by atoms with Gasteiger partial charge in [0.15, 0.2) is 6.04 Å². The fraction of sp³-hybridized carbons (Fsp3) is 0.130. The summed E-state index contributed by atoms with van der Waals surface area (Å²) in [6.07, 6.45) is -0.752. The number of carbonyl (C=O) groups excluding carboxylic acids is 1. The Morgan fingerprint density at radius 3 is 2.03 bits per heavy atom. The lowest BCUT2D eigenvalue weighted by Gasteiger charge is -2.17. The minimum Gasteiger partial charge on any atom is -0.479 e. The van der Waals surface area contributed by atoms with Crippen LogP contribution in [0, 0.1) is 3.57 Å². The van der Waals surface area contributed by atoms with Crippen LogP contribution in [0.4, 0.5) is 4.79 Å². The predicted octanol–water partition coefficient (Wildman–Crippen LogP) is 4.96. The fourth-order valence-electron chi connectivity index (χ4n) is 3.70. The van der Waals surface area contributed by atoms with E-state index in [0.717, 1.165) is 25.8 Å². The van der Waals surface area contributed by atoms with Crippen molar-refractivity contribution in [3.8, 4) is 11.1 Å². The Hall–Kier alpha value is -2.87. The van der Waals surface area contributed by atoms with E-state index in [4.69, 9.17) is 4.74 Å². The fourth-order valence-corrected chi connectivity index (χ4v) is 4.06. The van der Waals surface area contributed by atoms with Crippen molar-refractivity contribution in [1.29, 1.82) is 0 Å². The Labute approximate surface area is 181 Å². The molecule has 0 spiro atoms. The van der Waals surface area contributed by atoms with Crippen molar-refractivity contribution in [1.82, 2.24) is 5.32 Å². The van der Waals surface area contributed by atoms with Gasteiger partial charge in [-0.3, -0.25) is 0 Å². The van der Waals surface area contributed by atoms with Crippen LogP contribution in [0.25, 0.3) is 11.1 Å². The third-order valence-electron chi connectivity index (χ3n) is 5.06. The van der Waals surface area contributed by atoms with Gasteiger partial charge in [-0.1, -0.05) is 60.7 Å². The summed E-state index contributed by atoms with van der Waals surface area (Å²) in [7, 11) is 0. The zero-order valence-corrected chi connectivity index (χ0v) is 17.5. The molecule has 0 aliphatic heterocycles. The minimum absolute atomic E-state index is 0.0743. The summed E-state index contributed by atoms with van der Waals surface area (Å²) in [5.41, 5.74) is 4.98. The number of alkyl carbamates (subject to hydrolysis) is 1. The smallest absolute Gasteiger partial charge is 0.408 e. The molecule has 0 aromatic heterocycles. The first-order valence-corrected chi connectivity index (χ1v) is 10.2. The van der Waals surface area contributed by atoms with Gasteiger partial charge < -0.3 is 15.2 Å². The number of rotatable bonds is 5. The average molecular weight is 499 g/mol. The number of benzene rings is 3. The second kappa shape index (κ2) is 8.24. The highest BCUT2D eigenvalue weighted by atomic mass is 127. The molecule has 5 nitrogen and oxygen atoms in total. The standard InChI is InChI=1S/C23H18INO4/c24-15-11-9-14(10-12-15)21(22(26)27)25-23(28)29-13-20-18-7-3-1-5-16(18)17-6-2-4-8-19(17)20/h1-12,20-21H,13H2,(H,25,28)(H,26,27)/t21-/m1/s1. The molecule has 6 heteroatoms. The Kier molecular flexibility index (Phi) is 5.53. The van der Waals surface area contributed by atoms with E-state index in [9.17, 15) is 14.7 Å². The van der Waals surface area contributed by atoms with Crippen LogP contribution in [0.3, 0.4) is 0 Å². The van der Waals surface area contributed by atoms with Crippen molar-refractivity contribution in [3.05, 3.63) is 93.1 Å². The largest absolute Gasteiger partial charge is 0.479 e. The van der Waals surface area contributed by atoms with Gasteiger partial charge >= 0.3 is 12.1 Å². The molecule has 1 aliphatic carbocycles. The first-order chi connectivity index (χ1) is 14.0. The maximum atomic E-state index is 12.4. The maximum Gasteiger partial charge on any atom is 0.408 e. The first kappa shape index (κ1) is 19.4. The summed E-state index contributed by atoms with van der Waals surface area (Å²) in [4.78, 5) is 24.0. The second-order valence-electron chi connectivity index (χ2n) is 6.79. The van der Waals surface area contributed by atoms with Crippen LogP contribution in [0.15, 0.2) is 72.8 Å². The third kappa shape index (κ3) is 3.98. The highest BCUT2D eigenvalue weighted by Gasteiger charge is 2.30. The number of ether oxygens (including phenoxy) is 1. The number of carboxylic acids is 1. The number of hydrogen-bond donors (Lipinski definition) is 2. The van der Waals surface area contributed by atoms with E-state index in [1.54, 1.807) is 24.3 Å². The first-order valence-electron chi connectivity index (χ1n) is 9.14. The number of nitrogens with one attached hydrogen (secondary N) is 1. The quantitative estimate of drug-likeness (QED) is 0.487. The van der Waals surface area contributed by atoms with E-state index in [1.807, 2.05) is 36.4 Å². The number of amides is 1. The van der Waals surface area contributed by atoms with Gasteiger partial charge in [0, 0.05) is 9.49 Å². The van der Waals surface area contributed by atoms with E-state index in [0.29, 0.717) is 5.56 Å². The van der Waals surface area contributed by atoms with Gasteiger partial charge in [-0.15, -0.1) is 0 Å². The number of carboxylic acid groups (broad SMARTS) is 1. The van der Waals surface area contributed by atoms with Gasteiger partial charge in [-0.2, -0.15) is 0 Å². The lowest BCUT2D eigenvalue weighted by atomic mass is 9.98. The highest BCUT2D eigenvalue weighted by Crippen LogP contribution is 2.44. The molecule has 3 aromatic rings. The van der Waals surface area contributed by atoms with E-state index in [-0.39, 0.29) is 12.5 Å². The Morgan fingerprint density at radius 1 is 0.931 bits per heavy atom. The average Bonchev–Trinajstić information content (AvgIpc) is 3.05. The molecule has 146 valence electrons. The van der Waals surface area contributed by atoms with Crippen LogP contribution < -0.4 is 5.32 Å². The van der Waals surface area contributed by atoms with Crippen LogP contribution in [0.2, 0.25) is 0 Å². The van der Waals surface area contributed by atoms with E-state index < -0.39 is 18.1 Å². The maximum absolute atomic E-state index is 12.4. The molecule has 1 atom stereocenters. The second-order valence-corrected chi connectivity index (χ2v) is 8.04. The van der Waals surface area contributed by atoms with Crippen molar-refractivity contribution in [3.63, 3.8) is 0 Å². The normalized spacial score (nSPS) is 13.3. The molecule has 0 fully saturated rings. The van der Waals surface area contributed by atoms with Crippen LogP contribution in [0.5, 0.6) is 0 Å². The summed E-state index contributed by atoms with van der Waals surface area (Å²) in [6.45, 7) is 0.138. The van der Waals surface area contributed by atoms with Crippen molar-refractivity contribution in [2.75, 3.05) is 6.61 Å². The summed E-state index contributed by atoms with van der Waals surface area (Å²) < 4.78 is 6.43. The number of fused-ring (bicyclic) bond motifs is 3. The zero-order chi connectivity index (χ0) is 20.4. The molecule has 0 unspecified atom stereocenters. The monoisotopic (exact) mass is 499 g/mol. The summed E-state index contributed by atoms with van der Waals surface area (Å²) in [5.74, 6) is -1.21. The lowest BCUT2D eigenvalue weighted by molar-refractivity contribution is -0.139. The van der Waals surface area contributed by atoms with Crippen molar-refractivity contribution >= 4 is 34.7 Å². The van der Waals surface area contributed by atoms with Gasteiger partial charge in [-0.25, -0.2) is 9.59 Å². The topological polar surface area (TPSA) is 75.6 Å². The predicted molar refractivity (Wildman–Crippen MR) is 118 cm³/mol. The number of aliphatic carboxylic acids is 1. The van der Waals surface area contributed by atoms with Crippen molar-refractivity contribution in [2.45, 2.75) is 12.0 Å². The summed E-state index contributed by atoms with van der Waals surface area (Å²) in [6, 6.07) is 21.9. The minimum atomic E-state index is -1.16. The molecule has 0 saturated carbocycles. The molecule has 0 bridgehead atoms. The SMILES string of the molecule is O=C(N[C@@H](C(=O)O)c1ccc(I)cc1)OCC1c2ccccc2-c2ccccc21. The van der Waals surface area contributed by atoms with Gasteiger partial charge in [0.2, 0.25) is 0 Å².